The van der Waals surface area contributed by atoms with Gasteiger partial charge >= 0.3 is 0 Å². The van der Waals surface area contributed by atoms with Crippen molar-refractivity contribution in [1.29, 1.82) is 0 Å². The third kappa shape index (κ3) is 3.67. The first kappa shape index (κ1) is 16.5. The summed E-state index contributed by atoms with van der Waals surface area (Å²) < 4.78 is 13.2. The van der Waals surface area contributed by atoms with Crippen molar-refractivity contribution in [2.75, 3.05) is 19.8 Å². The number of aryl methyl sites for hydroxylation is 1. The molecule has 1 N–H and O–H groups in total. The van der Waals surface area contributed by atoms with Crippen LogP contribution in [0.4, 0.5) is 0 Å². The lowest BCUT2D eigenvalue weighted by atomic mass is 10.1. The highest BCUT2D eigenvalue weighted by Gasteiger charge is 2.11. The van der Waals surface area contributed by atoms with E-state index >= 15 is 0 Å². The number of hydrogen-bond acceptors (Lipinski definition) is 3. The van der Waals surface area contributed by atoms with E-state index in [1.54, 1.807) is 0 Å². The zero-order valence-corrected chi connectivity index (χ0v) is 14.6. The fourth-order valence-electron chi connectivity index (χ4n) is 3.24. The average molecular weight is 350 g/mol. The Hall–Kier alpha value is -2.95. The third-order valence-electron chi connectivity index (χ3n) is 4.60. The minimum absolute atomic E-state index is 0.0697. The van der Waals surface area contributed by atoms with Crippen LogP contribution in [0.15, 0.2) is 54.7 Å². The summed E-state index contributed by atoms with van der Waals surface area (Å²) in [5.74, 6) is 1.66. The summed E-state index contributed by atoms with van der Waals surface area (Å²) in [5.41, 5.74) is 2.29. The molecule has 0 fully saturated rings. The van der Waals surface area contributed by atoms with Gasteiger partial charge in [-0.25, -0.2) is 0 Å². The van der Waals surface area contributed by atoms with Crippen molar-refractivity contribution in [3.8, 4) is 11.5 Å². The van der Waals surface area contributed by atoms with E-state index in [1.807, 2.05) is 36.5 Å². The van der Waals surface area contributed by atoms with Gasteiger partial charge in [-0.1, -0.05) is 24.3 Å². The van der Waals surface area contributed by atoms with Gasteiger partial charge < -0.3 is 19.4 Å². The van der Waals surface area contributed by atoms with Crippen LogP contribution in [0.2, 0.25) is 0 Å². The average Bonchev–Trinajstić information content (AvgIpc) is 3.09. The molecule has 0 saturated heterocycles. The molecular formula is C21H22N2O3. The number of ether oxygens (including phenoxy) is 2. The van der Waals surface area contributed by atoms with Crippen molar-refractivity contribution < 1.29 is 14.3 Å². The van der Waals surface area contributed by atoms with Gasteiger partial charge in [-0.2, -0.15) is 0 Å². The highest BCUT2D eigenvalue weighted by molar-refractivity contribution is 5.80. The van der Waals surface area contributed by atoms with Crippen molar-refractivity contribution in [2.45, 2.75) is 19.4 Å². The van der Waals surface area contributed by atoms with E-state index in [2.05, 4.69) is 28.1 Å². The molecule has 0 unspecified atom stereocenters. The molecule has 5 heteroatoms. The second-order valence-corrected chi connectivity index (χ2v) is 6.40. The van der Waals surface area contributed by atoms with Crippen molar-refractivity contribution >= 4 is 16.8 Å². The van der Waals surface area contributed by atoms with Crippen LogP contribution in [-0.2, 0) is 17.8 Å². The molecule has 5 nitrogen and oxygen atoms in total. The second-order valence-electron chi connectivity index (χ2n) is 6.40. The molecule has 1 aromatic heterocycles. The van der Waals surface area contributed by atoms with Crippen molar-refractivity contribution in [1.82, 2.24) is 9.88 Å². The lowest BCUT2D eigenvalue weighted by molar-refractivity contribution is -0.121. The van der Waals surface area contributed by atoms with Gasteiger partial charge in [-0.05, 0) is 41.6 Å². The summed E-state index contributed by atoms with van der Waals surface area (Å²) in [6.07, 6.45) is 3.28. The maximum Gasteiger partial charge on any atom is 0.221 e. The zero-order valence-electron chi connectivity index (χ0n) is 14.6. The lowest BCUT2D eigenvalue weighted by Crippen LogP contribution is -2.26. The molecule has 0 atom stereocenters. The number of aromatic nitrogens is 1. The maximum absolute atomic E-state index is 12.1. The van der Waals surface area contributed by atoms with Gasteiger partial charge in [0.1, 0.15) is 13.2 Å². The molecular weight excluding hydrogens is 328 g/mol. The summed E-state index contributed by atoms with van der Waals surface area (Å²) in [5, 5.41) is 4.20. The summed E-state index contributed by atoms with van der Waals surface area (Å²) in [4.78, 5) is 12.1. The third-order valence-corrected chi connectivity index (χ3v) is 4.60. The predicted molar refractivity (Wildman–Crippen MR) is 101 cm³/mol. The number of nitrogens with one attached hydrogen (secondary N) is 1. The molecule has 0 aliphatic carbocycles. The minimum atomic E-state index is 0.0697. The highest BCUT2D eigenvalue weighted by Crippen LogP contribution is 2.30. The van der Waals surface area contributed by atoms with E-state index in [9.17, 15) is 4.79 Å². The van der Waals surface area contributed by atoms with Crippen LogP contribution in [0.3, 0.4) is 0 Å². The molecule has 0 radical (unpaired) electrons. The molecule has 1 amide bonds. The zero-order chi connectivity index (χ0) is 17.8. The number of amides is 1. The molecule has 0 bridgehead atoms. The smallest absolute Gasteiger partial charge is 0.221 e. The molecule has 3 aromatic rings. The number of rotatable bonds is 6. The van der Waals surface area contributed by atoms with Crippen molar-refractivity contribution in [3.05, 3.63) is 60.3 Å². The van der Waals surface area contributed by atoms with Crippen LogP contribution >= 0.6 is 0 Å². The summed E-state index contributed by atoms with van der Waals surface area (Å²) in [6, 6.07) is 16.2. The first-order valence-corrected chi connectivity index (χ1v) is 8.99. The second kappa shape index (κ2) is 7.52. The molecule has 0 saturated carbocycles. The molecule has 4 rings (SSSR count). The van der Waals surface area contributed by atoms with E-state index < -0.39 is 0 Å². The van der Waals surface area contributed by atoms with Gasteiger partial charge in [0.25, 0.3) is 0 Å². The minimum Gasteiger partial charge on any atom is -0.486 e. The fraction of sp³-hybridized carbons (Fsp3) is 0.286. The lowest BCUT2D eigenvalue weighted by Gasteiger charge is -2.18. The van der Waals surface area contributed by atoms with Crippen LogP contribution in [0.1, 0.15) is 12.0 Å². The summed E-state index contributed by atoms with van der Waals surface area (Å²) in [7, 11) is 0. The Morgan fingerprint density at radius 3 is 2.81 bits per heavy atom. The van der Waals surface area contributed by atoms with Gasteiger partial charge in [0.2, 0.25) is 5.91 Å². The van der Waals surface area contributed by atoms with E-state index in [4.69, 9.17) is 9.47 Å². The van der Waals surface area contributed by atoms with E-state index in [0.29, 0.717) is 32.7 Å². The molecule has 26 heavy (non-hydrogen) atoms. The van der Waals surface area contributed by atoms with Gasteiger partial charge in [-0.15, -0.1) is 0 Å². The number of nitrogens with zero attached hydrogens (tertiary/aromatic N) is 1. The van der Waals surface area contributed by atoms with Gasteiger partial charge in [0.05, 0.1) is 0 Å². The quantitative estimate of drug-likeness (QED) is 0.743. The van der Waals surface area contributed by atoms with Crippen LogP contribution < -0.4 is 14.8 Å². The number of para-hydroxylation sites is 1. The van der Waals surface area contributed by atoms with Crippen LogP contribution in [0.25, 0.3) is 10.9 Å². The number of fused-ring (bicyclic) bond motifs is 2. The van der Waals surface area contributed by atoms with Crippen molar-refractivity contribution in [3.63, 3.8) is 0 Å². The Labute approximate surface area is 152 Å². The Bertz CT molecular complexity index is 917. The topological polar surface area (TPSA) is 52.5 Å². The van der Waals surface area contributed by atoms with E-state index in [-0.39, 0.29) is 5.91 Å². The molecule has 2 heterocycles. The normalized spacial score (nSPS) is 12.9. The predicted octanol–water partition coefficient (Wildman–Crippen LogP) is 3.16. The van der Waals surface area contributed by atoms with Crippen LogP contribution in [-0.4, -0.2) is 30.2 Å². The van der Waals surface area contributed by atoms with E-state index in [1.165, 1.54) is 5.39 Å². The molecule has 1 aliphatic heterocycles. The monoisotopic (exact) mass is 350 g/mol. The van der Waals surface area contributed by atoms with Crippen molar-refractivity contribution in [2.24, 2.45) is 0 Å². The fourth-order valence-corrected chi connectivity index (χ4v) is 3.24. The van der Waals surface area contributed by atoms with Gasteiger partial charge in [-0.3, -0.25) is 4.79 Å². The number of carbonyl (C=O) groups is 1. The highest BCUT2D eigenvalue weighted by atomic mass is 16.6. The van der Waals surface area contributed by atoms with E-state index in [0.717, 1.165) is 29.0 Å². The summed E-state index contributed by atoms with van der Waals surface area (Å²) in [6.45, 7) is 2.48. The molecule has 0 spiro atoms. The van der Waals surface area contributed by atoms with Crippen LogP contribution in [0.5, 0.6) is 11.5 Å². The van der Waals surface area contributed by atoms with Crippen LogP contribution in [0, 0.1) is 0 Å². The Morgan fingerprint density at radius 2 is 1.88 bits per heavy atom. The summed E-state index contributed by atoms with van der Waals surface area (Å²) >= 11 is 0. The molecule has 134 valence electrons. The molecule has 2 aromatic carbocycles. The SMILES string of the molecule is O=C(CCn1ccc2ccccc21)NCCc1ccc2c(c1)OCCO2. The molecule has 1 aliphatic rings. The number of hydrogen-bond donors (Lipinski definition) is 1. The Kier molecular flexibility index (Phi) is 4.78. The Balaban J connectivity index is 1.25. The Morgan fingerprint density at radius 1 is 1.04 bits per heavy atom. The van der Waals surface area contributed by atoms with Gasteiger partial charge in [0, 0.05) is 31.2 Å². The maximum atomic E-state index is 12.1. The standard InChI is InChI=1S/C21H22N2O3/c24-21(9-12-23-11-8-17-3-1-2-4-18(17)23)22-10-7-16-5-6-19-20(15-16)26-14-13-25-19/h1-6,8,11,15H,7,9-10,12-14H2,(H,22,24). The largest absolute Gasteiger partial charge is 0.486 e. The first-order chi connectivity index (χ1) is 12.8. The first-order valence-electron chi connectivity index (χ1n) is 8.99. The number of carbonyl (C=O) groups excluding carboxylic acids is 1. The van der Waals surface area contributed by atoms with Gasteiger partial charge in [0.15, 0.2) is 11.5 Å². The number of benzene rings is 2.